The zero-order valence-electron chi connectivity index (χ0n) is 7.27. The first kappa shape index (κ1) is 8.73. The van der Waals surface area contributed by atoms with Crippen molar-refractivity contribution in [3.05, 3.63) is 36.0 Å². The molecule has 0 aliphatic carbocycles. The fraction of sp³-hybridized carbons (Fsp3) is 0. The second kappa shape index (κ2) is 3.48. The van der Waals surface area contributed by atoms with Crippen molar-refractivity contribution < 1.29 is 0 Å². The first-order valence-electron chi connectivity index (χ1n) is 4.02. The molecule has 0 bridgehead atoms. The molecule has 0 saturated carbocycles. The van der Waals surface area contributed by atoms with Gasteiger partial charge in [0.2, 0.25) is 0 Å². The van der Waals surface area contributed by atoms with E-state index in [1.54, 1.807) is 12.3 Å². The number of benzene rings is 1. The van der Waals surface area contributed by atoms with Gasteiger partial charge in [-0.3, -0.25) is 0 Å². The predicted octanol–water partition coefficient (Wildman–Crippen LogP) is 2.26. The molecule has 0 fully saturated rings. The Morgan fingerprint density at radius 3 is 2.79 bits per heavy atom. The number of hydrogen-bond donors (Lipinski definition) is 1. The quantitative estimate of drug-likeness (QED) is 0.769. The van der Waals surface area contributed by atoms with E-state index in [0.29, 0.717) is 10.7 Å². The van der Waals surface area contributed by atoms with Crippen LogP contribution in [0.3, 0.4) is 0 Å². The van der Waals surface area contributed by atoms with Gasteiger partial charge in [0.1, 0.15) is 0 Å². The van der Waals surface area contributed by atoms with E-state index in [2.05, 4.69) is 11.1 Å². The van der Waals surface area contributed by atoms with Gasteiger partial charge >= 0.3 is 0 Å². The Morgan fingerprint density at radius 1 is 1.36 bits per heavy atom. The van der Waals surface area contributed by atoms with E-state index < -0.39 is 0 Å². The molecule has 2 aromatic rings. The van der Waals surface area contributed by atoms with Crippen LogP contribution in [0.1, 0.15) is 5.56 Å². The number of aromatic nitrogens is 1. The summed E-state index contributed by atoms with van der Waals surface area (Å²) < 4.78 is 0. The Balaban J connectivity index is 2.57. The van der Waals surface area contributed by atoms with Crippen LogP contribution in [0.25, 0.3) is 10.4 Å². The minimum atomic E-state index is 0.521. The van der Waals surface area contributed by atoms with Gasteiger partial charge in [0.25, 0.3) is 0 Å². The third-order valence-corrected chi connectivity index (χ3v) is 2.70. The molecule has 68 valence electrons. The molecule has 2 N–H and O–H groups in total. The van der Waals surface area contributed by atoms with Crippen LogP contribution in [0.15, 0.2) is 30.5 Å². The van der Waals surface area contributed by atoms with Crippen LogP contribution in [0.5, 0.6) is 0 Å². The van der Waals surface area contributed by atoms with Crippen molar-refractivity contribution in [2.45, 2.75) is 0 Å². The molecular weight excluding hydrogens is 194 g/mol. The lowest BCUT2D eigenvalue weighted by atomic mass is 10.1. The van der Waals surface area contributed by atoms with Gasteiger partial charge in [-0.2, -0.15) is 5.26 Å². The van der Waals surface area contributed by atoms with Crippen molar-refractivity contribution in [3.63, 3.8) is 0 Å². The van der Waals surface area contributed by atoms with Gasteiger partial charge < -0.3 is 5.73 Å². The van der Waals surface area contributed by atoms with Gasteiger partial charge in [-0.15, -0.1) is 0 Å². The zero-order valence-corrected chi connectivity index (χ0v) is 8.08. The molecule has 0 atom stereocenters. The van der Waals surface area contributed by atoms with Gasteiger partial charge in [-0.25, -0.2) is 4.98 Å². The summed E-state index contributed by atoms with van der Waals surface area (Å²) in [5.74, 6) is 0. The molecule has 0 amide bonds. The molecule has 4 heteroatoms. The third-order valence-electron chi connectivity index (χ3n) is 1.84. The van der Waals surface area contributed by atoms with Crippen molar-refractivity contribution in [3.8, 4) is 16.5 Å². The lowest BCUT2D eigenvalue weighted by molar-refractivity contribution is 1.42. The summed E-state index contributed by atoms with van der Waals surface area (Å²) in [4.78, 5) is 4.89. The van der Waals surface area contributed by atoms with Crippen LogP contribution in [0, 0.1) is 11.3 Å². The molecule has 2 rings (SSSR count). The summed E-state index contributed by atoms with van der Waals surface area (Å²) in [5, 5.41) is 9.41. The number of nitrogens with two attached hydrogens (primary N) is 1. The standard InChI is InChI=1S/C10H7N3S/c11-5-7-3-1-2-4-8(7)9-6-13-10(12)14-9/h1-4,6H,(H2,12,13). The van der Waals surface area contributed by atoms with E-state index in [-0.39, 0.29) is 0 Å². The molecule has 3 nitrogen and oxygen atoms in total. The Hall–Kier alpha value is -1.86. The van der Waals surface area contributed by atoms with E-state index in [1.165, 1.54) is 11.3 Å². The molecule has 14 heavy (non-hydrogen) atoms. The fourth-order valence-electron chi connectivity index (χ4n) is 1.21. The zero-order chi connectivity index (χ0) is 9.97. The lowest BCUT2D eigenvalue weighted by Gasteiger charge is -1.97. The van der Waals surface area contributed by atoms with Crippen LogP contribution in [-0.4, -0.2) is 4.98 Å². The van der Waals surface area contributed by atoms with Gasteiger partial charge in [-0.05, 0) is 6.07 Å². The normalized spacial score (nSPS) is 9.64. The van der Waals surface area contributed by atoms with E-state index in [9.17, 15) is 0 Å². The number of nitrogens with zero attached hydrogens (tertiary/aromatic N) is 2. The smallest absolute Gasteiger partial charge is 0.180 e. The molecular formula is C10H7N3S. The maximum Gasteiger partial charge on any atom is 0.180 e. The monoisotopic (exact) mass is 201 g/mol. The molecule has 0 saturated heterocycles. The number of hydrogen-bond acceptors (Lipinski definition) is 4. The minimum absolute atomic E-state index is 0.521. The fourth-order valence-corrected chi connectivity index (χ4v) is 1.93. The average molecular weight is 201 g/mol. The van der Waals surface area contributed by atoms with Crippen LogP contribution in [0.4, 0.5) is 5.13 Å². The number of nitriles is 1. The molecule has 0 aliphatic rings. The number of nitrogen functional groups attached to an aromatic ring is 1. The van der Waals surface area contributed by atoms with Gasteiger partial charge in [0.15, 0.2) is 5.13 Å². The van der Waals surface area contributed by atoms with Crippen LogP contribution in [-0.2, 0) is 0 Å². The molecule has 0 aliphatic heterocycles. The molecule has 1 aromatic heterocycles. The average Bonchev–Trinajstić information content (AvgIpc) is 2.65. The van der Waals surface area contributed by atoms with E-state index in [1.807, 2.05) is 18.2 Å². The molecule has 0 radical (unpaired) electrons. The SMILES string of the molecule is N#Cc1ccccc1-c1cnc(N)s1. The second-order valence-corrected chi connectivity index (χ2v) is 3.78. The Kier molecular flexibility index (Phi) is 2.17. The van der Waals surface area contributed by atoms with Gasteiger partial charge in [0.05, 0.1) is 16.5 Å². The van der Waals surface area contributed by atoms with E-state index >= 15 is 0 Å². The molecule has 1 aromatic carbocycles. The number of rotatable bonds is 1. The predicted molar refractivity (Wildman–Crippen MR) is 56.7 cm³/mol. The van der Waals surface area contributed by atoms with Crippen molar-refractivity contribution in [1.29, 1.82) is 5.26 Å². The highest BCUT2D eigenvalue weighted by atomic mass is 32.1. The highest BCUT2D eigenvalue weighted by Gasteiger charge is 2.06. The Labute approximate surface area is 85.4 Å². The van der Waals surface area contributed by atoms with Crippen molar-refractivity contribution in [1.82, 2.24) is 4.98 Å². The van der Waals surface area contributed by atoms with Gasteiger partial charge in [-0.1, -0.05) is 29.5 Å². The maximum atomic E-state index is 8.89. The van der Waals surface area contributed by atoms with Crippen molar-refractivity contribution in [2.24, 2.45) is 0 Å². The summed E-state index contributed by atoms with van der Waals surface area (Å²) in [7, 11) is 0. The summed E-state index contributed by atoms with van der Waals surface area (Å²) in [6, 6.07) is 9.55. The van der Waals surface area contributed by atoms with Crippen molar-refractivity contribution >= 4 is 16.5 Å². The van der Waals surface area contributed by atoms with Crippen LogP contribution >= 0.6 is 11.3 Å². The molecule has 0 spiro atoms. The van der Waals surface area contributed by atoms with Crippen LogP contribution in [0.2, 0.25) is 0 Å². The van der Waals surface area contributed by atoms with Crippen LogP contribution < -0.4 is 5.73 Å². The van der Waals surface area contributed by atoms with E-state index in [4.69, 9.17) is 11.0 Å². The highest BCUT2D eigenvalue weighted by Crippen LogP contribution is 2.29. The Morgan fingerprint density at radius 2 is 2.14 bits per heavy atom. The first-order valence-corrected chi connectivity index (χ1v) is 4.83. The van der Waals surface area contributed by atoms with Gasteiger partial charge in [0, 0.05) is 11.8 Å². The van der Waals surface area contributed by atoms with Crippen molar-refractivity contribution in [2.75, 3.05) is 5.73 Å². The molecule has 0 unspecified atom stereocenters. The lowest BCUT2D eigenvalue weighted by Crippen LogP contribution is -1.79. The maximum absolute atomic E-state index is 8.89. The highest BCUT2D eigenvalue weighted by molar-refractivity contribution is 7.18. The summed E-state index contributed by atoms with van der Waals surface area (Å²) in [6.45, 7) is 0. The minimum Gasteiger partial charge on any atom is -0.375 e. The summed E-state index contributed by atoms with van der Waals surface area (Å²) in [6.07, 6.45) is 1.69. The number of anilines is 1. The first-order chi connectivity index (χ1) is 6.81. The molecule has 1 heterocycles. The largest absolute Gasteiger partial charge is 0.375 e. The Bertz CT molecular complexity index is 496. The summed E-state index contributed by atoms with van der Waals surface area (Å²) >= 11 is 1.39. The topological polar surface area (TPSA) is 62.7 Å². The van der Waals surface area contributed by atoms with E-state index in [0.717, 1.165) is 10.4 Å². The second-order valence-electron chi connectivity index (χ2n) is 2.72. The summed E-state index contributed by atoms with van der Waals surface area (Å²) in [5.41, 5.74) is 7.07. The third kappa shape index (κ3) is 1.45. The number of thiazole rings is 1.